The van der Waals surface area contributed by atoms with Crippen LogP contribution in [0.2, 0.25) is 0 Å². The van der Waals surface area contributed by atoms with Crippen LogP contribution in [0.3, 0.4) is 0 Å². The summed E-state index contributed by atoms with van der Waals surface area (Å²) < 4.78 is 4.84. The molecule has 0 aliphatic rings. The lowest BCUT2D eigenvalue weighted by Gasteiger charge is -2.13. The van der Waals surface area contributed by atoms with Gasteiger partial charge in [0.15, 0.2) is 0 Å². The zero-order valence-electron chi connectivity index (χ0n) is 11.0. The summed E-state index contributed by atoms with van der Waals surface area (Å²) in [6.45, 7) is 4.51. The van der Waals surface area contributed by atoms with Crippen LogP contribution in [0, 0.1) is 0 Å². The molecule has 1 rings (SSSR count). The van der Waals surface area contributed by atoms with E-state index in [9.17, 15) is 4.79 Å². The van der Waals surface area contributed by atoms with Crippen molar-refractivity contribution in [1.82, 2.24) is 5.32 Å². The summed E-state index contributed by atoms with van der Waals surface area (Å²) in [5.74, 6) is 0.0706. The van der Waals surface area contributed by atoms with Crippen LogP contribution in [-0.4, -0.2) is 30.3 Å². The van der Waals surface area contributed by atoms with Crippen molar-refractivity contribution in [3.63, 3.8) is 0 Å². The first kappa shape index (κ1) is 14.5. The van der Waals surface area contributed by atoms with Gasteiger partial charge >= 0.3 is 5.97 Å². The molecule has 2 N–H and O–H groups in total. The second kappa shape index (κ2) is 7.71. The van der Waals surface area contributed by atoms with Crippen LogP contribution in [0.4, 0.5) is 0 Å². The minimum Gasteiger partial charge on any atom is -0.508 e. The Morgan fingerprint density at radius 2 is 2.06 bits per heavy atom. The molecular weight excluding hydrogens is 230 g/mol. The van der Waals surface area contributed by atoms with Crippen LogP contribution in [0.25, 0.3) is 0 Å². The summed E-state index contributed by atoms with van der Waals surface area (Å²) in [7, 11) is 0. The number of esters is 1. The third kappa shape index (κ3) is 5.68. The van der Waals surface area contributed by atoms with Gasteiger partial charge in [-0.2, -0.15) is 0 Å². The van der Waals surface area contributed by atoms with E-state index in [-0.39, 0.29) is 24.3 Å². The molecule has 1 aromatic carbocycles. The quantitative estimate of drug-likeness (QED) is 0.726. The number of carbonyl (C=O) groups is 1. The van der Waals surface area contributed by atoms with Gasteiger partial charge in [-0.05, 0) is 44.4 Å². The second-order valence-corrected chi connectivity index (χ2v) is 4.29. The molecule has 1 aromatic rings. The predicted molar refractivity (Wildman–Crippen MR) is 70.5 cm³/mol. The van der Waals surface area contributed by atoms with Crippen molar-refractivity contribution < 1.29 is 14.6 Å². The maximum Gasteiger partial charge on any atom is 0.319 e. The average molecular weight is 251 g/mol. The van der Waals surface area contributed by atoms with Gasteiger partial charge in [0.1, 0.15) is 5.75 Å². The van der Waals surface area contributed by atoms with Gasteiger partial charge in [0.25, 0.3) is 0 Å². The SMILES string of the molecule is CCOC(=O)CNC(C)CCc1ccc(O)cc1. The highest BCUT2D eigenvalue weighted by molar-refractivity contribution is 5.71. The lowest BCUT2D eigenvalue weighted by molar-refractivity contribution is -0.142. The molecule has 18 heavy (non-hydrogen) atoms. The summed E-state index contributed by atoms with van der Waals surface area (Å²) in [4.78, 5) is 11.1. The van der Waals surface area contributed by atoms with Crippen LogP contribution in [0.1, 0.15) is 25.8 Å². The molecule has 0 radical (unpaired) electrons. The van der Waals surface area contributed by atoms with Gasteiger partial charge in [-0.1, -0.05) is 12.1 Å². The topological polar surface area (TPSA) is 58.6 Å². The molecule has 0 bridgehead atoms. The first-order valence-electron chi connectivity index (χ1n) is 6.28. The van der Waals surface area contributed by atoms with Gasteiger partial charge < -0.3 is 15.2 Å². The molecule has 0 heterocycles. The van der Waals surface area contributed by atoms with E-state index in [1.54, 1.807) is 19.1 Å². The van der Waals surface area contributed by atoms with E-state index < -0.39 is 0 Å². The number of nitrogens with one attached hydrogen (secondary N) is 1. The van der Waals surface area contributed by atoms with E-state index in [2.05, 4.69) is 5.32 Å². The number of rotatable bonds is 7. The molecule has 4 nitrogen and oxygen atoms in total. The normalized spacial score (nSPS) is 12.1. The Bertz CT molecular complexity index is 362. The number of hydrogen-bond donors (Lipinski definition) is 2. The van der Waals surface area contributed by atoms with Crippen molar-refractivity contribution in [2.45, 2.75) is 32.7 Å². The Hall–Kier alpha value is -1.55. The Kier molecular flexibility index (Phi) is 6.22. The molecule has 1 atom stereocenters. The number of aromatic hydroxyl groups is 1. The Labute approximate surface area is 108 Å². The Morgan fingerprint density at radius 1 is 1.39 bits per heavy atom. The van der Waals surface area contributed by atoms with Gasteiger partial charge in [0, 0.05) is 6.04 Å². The van der Waals surface area contributed by atoms with Crippen molar-refractivity contribution in [2.24, 2.45) is 0 Å². The van der Waals surface area contributed by atoms with E-state index in [1.807, 2.05) is 19.1 Å². The molecule has 0 spiro atoms. The zero-order valence-corrected chi connectivity index (χ0v) is 11.0. The Balaban J connectivity index is 2.22. The maximum atomic E-state index is 11.1. The van der Waals surface area contributed by atoms with Crippen LogP contribution in [-0.2, 0) is 16.0 Å². The predicted octanol–water partition coefficient (Wildman–Crippen LogP) is 1.87. The summed E-state index contributed by atoms with van der Waals surface area (Å²) in [6.07, 6.45) is 1.85. The van der Waals surface area contributed by atoms with Gasteiger partial charge in [0.2, 0.25) is 0 Å². The van der Waals surface area contributed by atoms with Gasteiger partial charge in [0.05, 0.1) is 13.2 Å². The number of aryl methyl sites for hydroxylation is 1. The molecule has 0 aromatic heterocycles. The number of benzene rings is 1. The molecule has 0 aliphatic carbocycles. The lowest BCUT2D eigenvalue weighted by Crippen LogP contribution is -2.32. The smallest absolute Gasteiger partial charge is 0.319 e. The second-order valence-electron chi connectivity index (χ2n) is 4.29. The van der Waals surface area contributed by atoms with Crippen LogP contribution in [0.15, 0.2) is 24.3 Å². The molecule has 0 amide bonds. The van der Waals surface area contributed by atoms with Gasteiger partial charge in [-0.25, -0.2) is 0 Å². The average Bonchev–Trinajstić information content (AvgIpc) is 2.36. The molecule has 0 saturated heterocycles. The third-order valence-electron chi connectivity index (χ3n) is 2.70. The van der Waals surface area contributed by atoms with Crippen molar-refractivity contribution in [3.8, 4) is 5.75 Å². The number of phenols is 1. The van der Waals surface area contributed by atoms with Gasteiger partial charge in [-0.15, -0.1) is 0 Å². The summed E-state index contributed by atoms with van der Waals surface area (Å²) >= 11 is 0. The number of ether oxygens (including phenoxy) is 1. The number of carbonyl (C=O) groups excluding carboxylic acids is 1. The minimum absolute atomic E-state index is 0.214. The van der Waals surface area contributed by atoms with E-state index in [0.29, 0.717) is 6.61 Å². The van der Waals surface area contributed by atoms with Crippen LogP contribution < -0.4 is 5.32 Å². The third-order valence-corrected chi connectivity index (χ3v) is 2.70. The van der Waals surface area contributed by atoms with Gasteiger partial charge in [-0.3, -0.25) is 4.79 Å². The van der Waals surface area contributed by atoms with E-state index in [0.717, 1.165) is 12.8 Å². The van der Waals surface area contributed by atoms with E-state index in [1.165, 1.54) is 5.56 Å². The van der Waals surface area contributed by atoms with Crippen LogP contribution >= 0.6 is 0 Å². The molecule has 0 saturated carbocycles. The Morgan fingerprint density at radius 3 is 2.67 bits per heavy atom. The standard InChI is InChI=1S/C14H21NO3/c1-3-18-14(17)10-15-11(2)4-5-12-6-8-13(16)9-7-12/h6-9,11,15-16H,3-5,10H2,1-2H3. The van der Waals surface area contributed by atoms with Crippen LogP contribution in [0.5, 0.6) is 5.75 Å². The van der Waals surface area contributed by atoms with Crippen molar-refractivity contribution in [1.29, 1.82) is 0 Å². The summed E-state index contributed by atoms with van der Waals surface area (Å²) in [5.41, 5.74) is 1.18. The van der Waals surface area contributed by atoms with E-state index >= 15 is 0 Å². The highest BCUT2D eigenvalue weighted by atomic mass is 16.5. The number of phenolic OH excluding ortho intramolecular Hbond substituents is 1. The fraction of sp³-hybridized carbons (Fsp3) is 0.500. The largest absolute Gasteiger partial charge is 0.508 e. The molecule has 0 fully saturated rings. The zero-order chi connectivity index (χ0) is 13.4. The number of hydrogen-bond acceptors (Lipinski definition) is 4. The molecule has 1 unspecified atom stereocenters. The molecule has 0 aliphatic heterocycles. The van der Waals surface area contributed by atoms with E-state index in [4.69, 9.17) is 9.84 Å². The van der Waals surface area contributed by atoms with Crippen molar-refractivity contribution >= 4 is 5.97 Å². The summed E-state index contributed by atoms with van der Waals surface area (Å²) in [6, 6.07) is 7.45. The maximum absolute atomic E-state index is 11.1. The lowest BCUT2D eigenvalue weighted by atomic mass is 10.1. The van der Waals surface area contributed by atoms with Crippen molar-refractivity contribution in [2.75, 3.05) is 13.2 Å². The highest BCUT2D eigenvalue weighted by Gasteiger charge is 2.06. The first-order valence-corrected chi connectivity index (χ1v) is 6.28. The molecule has 4 heteroatoms. The minimum atomic E-state index is -0.214. The molecule has 100 valence electrons. The fourth-order valence-corrected chi connectivity index (χ4v) is 1.62. The first-order chi connectivity index (χ1) is 8.61. The fourth-order valence-electron chi connectivity index (χ4n) is 1.62. The molecular formula is C14H21NO3. The monoisotopic (exact) mass is 251 g/mol. The summed E-state index contributed by atoms with van der Waals surface area (Å²) in [5, 5.41) is 12.3. The van der Waals surface area contributed by atoms with Crippen molar-refractivity contribution in [3.05, 3.63) is 29.8 Å². The highest BCUT2D eigenvalue weighted by Crippen LogP contribution is 2.11.